The monoisotopic (exact) mass is 476 g/mol. The van der Waals surface area contributed by atoms with Crippen molar-refractivity contribution in [2.45, 2.75) is 61.4 Å². The van der Waals surface area contributed by atoms with Crippen LogP contribution < -0.4 is 9.47 Å². The maximum Gasteiger partial charge on any atom is 0.229 e. The Morgan fingerprint density at radius 3 is 2.09 bits per heavy atom. The van der Waals surface area contributed by atoms with E-state index in [0.29, 0.717) is 11.8 Å². The third-order valence-corrected chi connectivity index (χ3v) is 5.53. The maximum absolute atomic E-state index is 10.9. The van der Waals surface area contributed by atoms with Gasteiger partial charge in [0.1, 0.15) is 55.1 Å². The molecule has 7 N–H and O–H groups in total. The summed E-state index contributed by atoms with van der Waals surface area (Å²) in [5.41, 5.74) is 0.311. The van der Waals surface area contributed by atoms with Crippen molar-refractivity contribution >= 4 is 6.29 Å². The first-order chi connectivity index (χ1) is 15.7. The lowest BCUT2D eigenvalue weighted by atomic mass is 9.97. The second-order valence-electron chi connectivity index (χ2n) is 7.65. The van der Waals surface area contributed by atoms with E-state index in [2.05, 4.69) is 0 Å². The number of hydrogen-bond donors (Lipinski definition) is 7. The number of carbonyl (C=O) groups is 1. The molecule has 2 fully saturated rings. The number of benzene rings is 1. The highest BCUT2D eigenvalue weighted by atomic mass is 16.7. The van der Waals surface area contributed by atoms with E-state index in [1.807, 2.05) is 0 Å². The summed E-state index contributed by atoms with van der Waals surface area (Å²) in [5.74, 6) is 0.245. The third-order valence-electron chi connectivity index (χ3n) is 5.53. The number of aldehydes is 1. The Bertz CT molecular complexity index is 787. The summed E-state index contributed by atoms with van der Waals surface area (Å²) in [7, 11) is 1.34. The molecule has 2 heterocycles. The van der Waals surface area contributed by atoms with E-state index in [1.165, 1.54) is 25.3 Å². The van der Waals surface area contributed by atoms with Gasteiger partial charge < -0.3 is 59.4 Å². The van der Waals surface area contributed by atoms with Gasteiger partial charge in [0.2, 0.25) is 6.29 Å². The van der Waals surface area contributed by atoms with Gasteiger partial charge in [0.15, 0.2) is 17.8 Å². The lowest BCUT2D eigenvalue weighted by molar-refractivity contribution is -0.352. The normalized spacial score (nSPS) is 39.2. The Balaban J connectivity index is 1.75. The topological polar surface area (TPSA) is 205 Å². The molecule has 0 unspecified atom stereocenters. The molecule has 0 amide bonds. The molecule has 13 heteroatoms. The minimum Gasteiger partial charge on any atom is -0.493 e. The molecule has 2 saturated heterocycles. The highest BCUT2D eigenvalue weighted by Crippen LogP contribution is 2.33. The zero-order chi connectivity index (χ0) is 24.3. The second kappa shape index (κ2) is 11.0. The van der Waals surface area contributed by atoms with Gasteiger partial charge in [0.05, 0.1) is 20.3 Å². The minimum absolute atomic E-state index is 0.0874. The fraction of sp³-hybridized carbons (Fsp3) is 0.650. The molecule has 0 aromatic heterocycles. The van der Waals surface area contributed by atoms with Crippen molar-refractivity contribution in [3.05, 3.63) is 23.8 Å². The van der Waals surface area contributed by atoms with E-state index in [-0.39, 0.29) is 11.5 Å². The van der Waals surface area contributed by atoms with E-state index in [0.717, 1.165) is 0 Å². The number of aliphatic hydroxyl groups excluding tert-OH is 7. The third kappa shape index (κ3) is 5.27. The summed E-state index contributed by atoms with van der Waals surface area (Å²) in [6.07, 6.45) is -15.0. The summed E-state index contributed by atoms with van der Waals surface area (Å²) in [4.78, 5) is 10.9. The van der Waals surface area contributed by atoms with Gasteiger partial charge in [-0.1, -0.05) is 0 Å². The molecule has 33 heavy (non-hydrogen) atoms. The van der Waals surface area contributed by atoms with Crippen LogP contribution in [-0.2, 0) is 14.2 Å². The molecule has 3 rings (SSSR count). The quantitative estimate of drug-likeness (QED) is 0.182. The Morgan fingerprint density at radius 2 is 1.48 bits per heavy atom. The molecule has 186 valence electrons. The Morgan fingerprint density at radius 1 is 0.848 bits per heavy atom. The molecule has 10 atom stereocenters. The van der Waals surface area contributed by atoms with Crippen molar-refractivity contribution in [2.75, 3.05) is 20.3 Å². The first-order valence-corrected chi connectivity index (χ1v) is 10.1. The van der Waals surface area contributed by atoms with Crippen LogP contribution in [0.2, 0.25) is 0 Å². The van der Waals surface area contributed by atoms with Crippen molar-refractivity contribution in [1.29, 1.82) is 0 Å². The van der Waals surface area contributed by atoms with Crippen LogP contribution in [0.25, 0.3) is 0 Å². The van der Waals surface area contributed by atoms with Gasteiger partial charge in [0, 0.05) is 5.56 Å². The zero-order valence-corrected chi connectivity index (χ0v) is 17.6. The second-order valence-corrected chi connectivity index (χ2v) is 7.65. The standard InChI is InChI=1S/C20H28O13/c1-29-10-4-8(5-21)2-3-9(10)30-19-17(28)15(26)18(12(7-23)32-19)33-20-16(27)14(25)13(24)11(6-22)31-20/h2-5,11-20,22-28H,6-7H2,1H3/t11-,12-,13-,14+,15-,16-,17-,18-,19+,20-/m1/s1. The number of carbonyl (C=O) groups excluding carboxylic acids is 1. The number of ether oxygens (including phenoxy) is 5. The average molecular weight is 476 g/mol. The number of aliphatic hydroxyl groups is 7. The summed E-state index contributed by atoms with van der Waals surface area (Å²) >= 11 is 0. The molecule has 1 aromatic carbocycles. The molecule has 0 saturated carbocycles. The van der Waals surface area contributed by atoms with Gasteiger partial charge in [-0.25, -0.2) is 0 Å². The highest BCUT2D eigenvalue weighted by Gasteiger charge is 2.51. The Labute approximate surface area is 188 Å². The van der Waals surface area contributed by atoms with Crippen LogP contribution in [-0.4, -0.2) is 124 Å². The number of hydrogen-bond acceptors (Lipinski definition) is 13. The Kier molecular flexibility index (Phi) is 8.58. The predicted octanol–water partition coefficient (Wildman–Crippen LogP) is -3.49. The fourth-order valence-corrected chi connectivity index (χ4v) is 3.63. The van der Waals surface area contributed by atoms with Crippen molar-refractivity contribution in [1.82, 2.24) is 0 Å². The van der Waals surface area contributed by atoms with Gasteiger partial charge >= 0.3 is 0 Å². The maximum atomic E-state index is 10.9. The van der Waals surface area contributed by atoms with Crippen LogP contribution in [0, 0.1) is 0 Å². The number of methoxy groups -OCH3 is 1. The molecular weight excluding hydrogens is 448 g/mol. The summed E-state index contributed by atoms with van der Waals surface area (Å²) in [5, 5.41) is 70.2. The number of rotatable bonds is 8. The predicted molar refractivity (Wildman–Crippen MR) is 105 cm³/mol. The molecule has 0 spiro atoms. The van der Waals surface area contributed by atoms with Crippen LogP contribution in [0.15, 0.2) is 18.2 Å². The van der Waals surface area contributed by atoms with Gasteiger partial charge in [-0.2, -0.15) is 0 Å². The van der Waals surface area contributed by atoms with Crippen molar-refractivity contribution in [3.8, 4) is 11.5 Å². The SMILES string of the molecule is COc1cc(C=O)ccc1O[C@H]1O[C@H](CO)[C@@H](O[C@H]2O[C@H](CO)[C@@H](O)[C@H](O)[C@H]2O)[C@H](O)[C@H]1O. The van der Waals surface area contributed by atoms with Crippen LogP contribution in [0.3, 0.4) is 0 Å². The fourth-order valence-electron chi connectivity index (χ4n) is 3.63. The van der Waals surface area contributed by atoms with Crippen molar-refractivity contribution in [3.63, 3.8) is 0 Å². The molecule has 2 aliphatic heterocycles. The molecule has 0 radical (unpaired) electrons. The molecule has 0 bridgehead atoms. The highest BCUT2D eigenvalue weighted by molar-refractivity contribution is 5.76. The van der Waals surface area contributed by atoms with Gasteiger partial charge in [-0.05, 0) is 18.2 Å². The first-order valence-electron chi connectivity index (χ1n) is 10.1. The Hall–Kier alpha value is -1.91. The van der Waals surface area contributed by atoms with Gasteiger partial charge in [-0.3, -0.25) is 4.79 Å². The summed E-state index contributed by atoms with van der Waals surface area (Å²) < 4.78 is 27.0. The van der Waals surface area contributed by atoms with Crippen LogP contribution in [0.1, 0.15) is 10.4 Å². The van der Waals surface area contributed by atoms with Gasteiger partial charge in [0.25, 0.3) is 0 Å². The smallest absolute Gasteiger partial charge is 0.229 e. The van der Waals surface area contributed by atoms with Crippen molar-refractivity contribution in [2.24, 2.45) is 0 Å². The average Bonchev–Trinajstić information content (AvgIpc) is 2.83. The van der Waals surface area contributed by atoms with Crippen LogP contribution >= 0.6 is 0 Å². The van der Waals surface area contributed by atoms with E-state index in [9.17, 15) is 40.5 Å². The van der Waals surface area contributed by atoms with Crippen LogP contribution in [0.5, 0.6) is 11.5 Å². The molecular formula is C20H28O13. The lowest BCUT2D eigenvalue weighted by Crippen LogP contribution is -2.65. The van der Waals surface area contributed by atoms with Gasteiger partial charge in [-0.15, -0.1) is 0 Å². The molecule has 0 aliphatic carbocycles. The summed E-state index contributed by atoms with van der Waals surface area (Å²) in [6, 6.07) is 4.23. The lowest BCUT2D eigenvalue weighted by Gasteiger charge is -2.45. The van der Waals surface area contributed by atoms with E-state index in [4.69, 9.17) is 23.7 Å². The molecule has 1 aromatic rings. The summed E-state index contributed by atoms with van der Waals surface area (Å²) in [6.45, 7) is -1.39. The minimum atomic E-state index is -1.76. The zero-order valence-electron chi connectivity index (χ0n) is 17.6. The van der Waals surface area contributed by atoms with E-state index in [1.54, 1.807) is 0 Å². The first kappa shape index (κ1) is 25.7. The van der Waals surface area contributed by atoms with E-state index < -0.39 is 74.6 Å². The largest absolute Gasteiger partial charge is 0.493 e. The molecule has 2 aliphatic rings. The molecule has 13 nitrogen and oxygen atoms in total. The van der Waals surface area contributed by atoms with E-state index >= 15 is 0 Å². The van der Waals surface area contributed by atoms with Crippen molar-refractivity contribution < 1.29 is 64.2 Å². The van der Waals surface area contributed by atoms with Crippen LogP contribution in [0.4, 0.5) is 0 Å².